The van der Waals surface area contributed by atoms with Crippen LogP contribution in [0.15, 0.2) is 41.5 Å². The minimum absolute atomic E-state index is 0. The van der Waals surface area contributed by atoms with E-state index in [4.69, 9.17) is 4.99 Å². The maximum Gasteiger partial charge on any atom is 0.194 e. The standard InChI is InChI=1S/C18H25N5.HI/c1-3-19-18(21-11-14-9-10-14)23(2)13-17-20-12-16(22-17)15-7-5-4-6-8-15;/h4-8,12,14H,3,9-11,13H2,1-2H3,(H,19,21)(H,20,22);1H. The third-order valence-electron chi connectivity index (χ3n) is 3.99. The van der Waals surface area contributed by atoms with Gasteiger partial charge in [0, 0.05) is 20.1 Å². The van der Waals surface area contributed by atoms with Crippen LogP contribution in [0.4, 0.5) is 0 Å². The van der Waals surface area contributed by atoms with Gasteiger partial charge in [0.2, 0.25) is 0 Å². The highest BCUT2D eigenvalue weighted by Gasteiger charge is 2.21. The van der Waals surface area contributed by atoms with Crippen LogP contribution in [-0.2, 0) is 6.54 Å². The molecule has 24 heavy (non-hydrogen) atoms. The molecule has 1 heterocycles. The molecule has 0 aliphatic heterocycles. The highest BCUT2D eigenvalue weighted by atomic mass is 127. The van der Waals surface area contributed by atoms with Gasteiger partial charge in [0.15, 0.2) is 5.96 Å². The van der Waals surface area contributed by atoms with Crippen molar-refractivity contribution in [2.24, 2.45) is 10.9 Å². The second-order valence-corrected chi connectivity index (χ2v) is 6.10. The van der Waals surface area contributed by atoms with Gasteiger partial charge in [-0.3, -0.25) is 4.99 Å². The Morgan fingerprint density at radius 1 is 1.33 bits per heavy atom. The lowest BCUT2D eigenvalue weighted by molar-refractivity contribution is 0.463. The summed E-state index contributed by atoms with van der Waals surface area (Å²) >= 11 is 0. The first-order chi connectivity index (χ1) is 11.3. The van der Waals surface area contributed by atoms with Crippen molar-refractivity contribution in [2.75, 3.05) is 20.1 Å². The summed E-state index contributed by atoms with van der Waals surface area (Å²) in [7, 11) is 2.05. The van der Waals surface area contributed by atoms with Crippen LogP contribution in [0.5, 0.6) is 0 Å². The molecule has 130 valence electrons. The minimum Gasteiger partial charge on any atom is -0.357 e. The summed E-state index contributed by atoms with van der Waals surface area (Å²) in [5.74, 6) is 2.70. The number of imidazole rings is 1. The molecular weight excluding hydrogens is 413 g/mol. The summed E-state index contributed by atoms with van der Waals surface area (Å²) in [4.78, 5) is 14.8. The summed E-state index contributed by atoms with van der Waals surface area (Å²) in [5, 5.41) is 3.36. The Labute approximate surface area is 161 Å². The van der Waals surface area contributed by atoms with Gasteiger partial charge in [-0.2, -0.15) is 0 Å². The Morgan fingerprint density at radius 3 is 2.75 bits per heavy atom. The van der Waals surface area contributed by atoms with Crippen LogP contribution in [0, 0.1) is 5.92 Å². The number of hydrogen-bond donors (Lipinski definition) is 2. The number of guanidine groups is 1. The molecule has 1 aromatic heterocycles. The number of nitrogens with one attached hydrogen (secondary N) is 2. The average molecular weight is 439 g/mol. The van der Waals surface area contributed by atoms with Crippen molar-refractivity contribution in [1.82, 2.24) is 20.2 Å². The van der Waals surface area contributed by atoms with E-state index in [0.717, 1.165) is 42.0 Å². The number of aromatic amines is 1. The van der Waals surface area contributed by atoms with Crippen molar-refractivity contribution in [2.45, 2.75) is 26.3 Å². The molecule has 1 saturated carbocycles. The molecule has 0 radical (unpaired) electrons. The van der Waals surface area contributed by atoms with Crippen molar-refractivity contribution in [3.05, 3.63) is 42.4 Å². The largest absolute Gasteiger partial charge is 0.357 e. The zero-order chi connectivity index (χ0) is 16.1. The molecule has 1 aromatic carbocycles. The lowest BCUT2D eigenvalue weighted by atomic mass is 10.2. The molecule has 0 bridgehead atoms. The monoisotopic (exact) mass is 439 g/mol. The first kappa shape index (κ1) is 18.8. The predicted molar refractivity (Wildman–Crippen MR) is 110 cm³/mol. The van der Waals surface area contributed by atoms with Crippen LogP contribution in [0.2, 0.25) is 0 Å². The van der Waals surface area contributed by atoms with E-state index in [1.165, 1.54) is 12.8 Å². The van der Waals surface area contributed by atoms with E-state index in [-0.39, 0.29) is 24.0 Å². The molecule has 2 aromatic rings. The summed E-state index contributed by atoms with van der Waals surface area (Å²) < 4.78 is 0. The normalized spacial score (nSPS) is 14.2. The van der Waals surface area contributed by atoms with E-state index in [1.807, 2.05) is 24.4 Å². The molecule has 3 rings (SSSR count). The minimum atomic E-state index is 0. The molecule has 2 N–H and O–H groups in total. The molecule has 0 amide bonds. The molecule has 1 fully saturated rings. The Balaban J connectivity index is 0.00000208. The van der Waals surface area contributed by atoms with Crippen molar-refractivity contribution in [3.8, 4) is 11.3 Å². The third-order valence-corrected chi connectivity index (χ3v) is 3.99. The van der Waals surface area contributed by atoms with E-state index in [0.29, 0.717) is 6.54 Å². The molecule has 0 atom stereocenters. The SMILES string of the molecule is CCNC(=NCC1CC1)N(C)Cc1ncc(-c2ccccc2)[nH]1.I. The third kappa shape index (κ3) is 5.22. The number of rotatable bonds is 6. The molecule has 0 unspecified atom stereocenters. The number of aliphatic imine (C=N–C) groups is 1. The number of hydrogen-bond acceptors (Lipinski definition) is 2. The maximum absolute atomic E-state index is 4.73. The second kappa shape index (κ2) is 9.05. The van der Waals surface area contributed by atoms with E-state index < -0.39 is 0 Å². The van der Waals surface area contributed by atoms with Gasteiger partial charge < -0.3 is 15.2 Å². The summed E-state index contributed by atoms with van der Waals surface area (Å²) in [5.41, 5.74) is 2.21. The van der Waals surface area contributed by atoms with Gasteiger partial charge >= 0.3 is 0 Å². The first-order valence-electron chi connectivity index (χ1n) is 8.35. The van der Waals surface area contributed by atoms with Crippen molar-refractivity contribution in [3.63, 3.8) is 0 Å². The summed E-state index contributed by atoms with van der Waals surface area (Å²) in [6, 6.07) is 10.3. The van der Waals surface area contributed by atoms with Gasteiger partial charge in [0.25, 0.3) is 0 Å². The van der Waals surface area contributed by atoms with E-state index in [9.17, 15) is 0 Å². The van der Waals surface area contributed by atoms with Gasteiger partial charge in [0.1, 0.15) is 5.82 Å². The predicted octanol–water partition coefficient (Wildman–Crippen LogP) is 3.50. The molecule has 0 saturated heterocycles. The molecule has 1 aliphatic carbocycles. The van der Waals surface area contributed by atoms with Gasteiger partial charge in [-0.1, -0.05) is 30.3 Å². The van der Waals surface area contributed by atoms with E-state index in [2.05, 4.69) is 46.3 Å². The van der Waals surface area contributed by atoms with E-state index in [1.54, 1.807) is 0 Å². The van der Waals surface area contributed by atoms with Gasteiger partial charge in [-0.25, -0.2) is 4.98 Å². The second-order valence-electron chi connectivity index (χ2n) is 6.10. The van der Waals surface area contributed by atoms with Crippen molar-refractivity contribution < 1.29 is 0 Å². The summed E-state index contributed by atoms with van der Waals surface area (Å²) in [6.07, 6.45) is 4.54. The number of benzene rings is 1. The molecule has 0 spiro atoms. The van der Waals surface area contributed by atoms with Crippen molar-refractivity contribution in [1.29, 1.82) is 0 Å². The fourth-order valence-corrected chi connectivity index (χ4v) is 2.49. The molecular formula is C18H26IN5. The zero-order valence-electron chi connectivity index (χ0n) is 14.3. The Bertz CT molecular complexity index is 648. The topological polar surface area (TPSA) is 56.3 Å². The quantitative estimate of drug-likeness (QED) is 0.412. The van der Waals surface area contributed by atoms with Crippen molar-refractivity contribution >= 4 is 29.9 Å². The molecule has 1 aliphatic rings. The van der Waals surface area contributed by atoms with Gasteiger partial charge in [-0.15, -0.1) is 24.0 Å². The van der Waals surface area contributed by atoms with Crippen LogP contribution in [0.3, 0.4) is 0 Å². The number of H-pyrrole nitrogens is 1. The Morgan fingerprint density at radius 2 is 2.08 bits per heavy atom. The smallest absolute Gasteiger partial charge is 0.194 e. The fraction of sp³-hybridized carbons (Fsp3) is 0.444. The van der Waals surface area contributed by atoms with Crippen LogP contribution in [0.25, 0.3) is 11.3 Å². The fourth-order valence-electron chi connectivity index (χ4n) is 2.49. The van der Waals surface area contributed by atoms with Crippen LogP contribution >= 0.6 is 24.0 Å². The van der Waals surface area contributed by atoms with Crippen LogP contribution < -0.4 is 5.32 Å². The Kier molecular flexibility index (Phi) is 7.08. The first-order valence-corrected chi connectivity index (χ1v) is 8.35. The van der Waals surface area contributed by atoms with E-state index >= 15 is 0 Å². The van der Waals surface area contributed by atoms with Crippen LogP contribution in [-0.4, -0.2) is 41.0 Å². The highest BCUT2D eigenvalue weighted by Crippen LogP contribution is 2.28. The zero-order valence-corrected chi connectivity index (χ0v) is 16.7. The number of nitrogens with zero attached hydrogens (tertiary/aromatic N) is 3. The lowest BCUT2D eigenvalue weighted by Gasteiger charge is -2.21. The summed E-state index contributed by atoms with van der Waals surface area (Å²) in [6.45, 7) is 4.62. The lowest BCUT2D eigenvalue weighted by Crippen LogP contribution is -2.38. The molecule has 6 heteroatoms. The average Bonchev–Trinajstić information content (AvgIpc) is 3.29. The molecule has 5 nitrogen and oxygen atoms in total. The number of aromatic nitrogens is 2. The van der Waals surface area contributed by atoms with Crippen LogP contribution in [0.1, 0.15) is 25.6 Å². The van der Waals surface area contributed by atoms with Gasteiger partial charge in [-0.05, 0) is 31.2 Å². The number of halogens is 1. The highest BCUT2D eigenvalue weighted by molar-refractivity contribution is 14.0. The maximum atomic E-state index is 4.73. The van der Waals surface area contributed by atoms with Gasteiger partial charge in [0.05, 0.1) is 18.4 Å². The Hall–Kier alpha value is -1.57.